The predicted molar refractivity (Wildman–Crippen MR) is 532 cm³/mol. The standard InChI is InChI=1S/C26H35N2.C26H29N2.C25H33N2.2C21H27N2/c2*1-19-11-7-10-16-23(19)28-20(2)24-26(3,22-14-5-4-6-15-22)17-18-27(24)25(28)21-12-8-9-13-21;1-18-10-4-9-15-22(18)27-19(2)23-25(3,21-13-7-8-14-21)16-17-26(23)24(27)20-11-5-6-12-20;2*1-15-9-5-8-12-18(15)23-16(2)19-21(3,4)13-14-22(19)20(23)17-10-6-7-11-17/h7,10-11,16-18,21-22H,4-6,8-9,12-15H2,1-3H3;4-7,10-11,14-18,21H,8-9,12-13H2,1-3H3;4,9-10,15-17,20-21H,5-8,11-14H2,1-3H3;2*5,8-9,12-14,17H,6-7,10-11H2,1-4H3/q5*+1. The molecule has 7 aliphatic carbocycles. The average Bonchev–Trinajstić information content (AvgIpc) is 1.55. The summed E-state index contributed by atoms with van der Waals surface area (Å²) in [4.78, 5) is 0. The van der Waals surface area contributed by atoms with Crippen molar-refractivity contribution in [3.63, 3.8) is 0 Å². The lowest BCUT2D eigenvalue weighted by molar-refractivity contribution is -0.585. The van der Waals surface area contributed by atoms with Crippen LogP contribution in [-0.2, 0) is 27.1 Å². The smallest absolute Gasteiger partial charge is 0.202 e. The Hall–Kier alpha value is -9.93. The number of hydrogen-bond acceptors (Lipinski definition) is 0. The summed E-state index contributed by atoms with van der Waals surface area (Å²) in [6, 6.07) is 55.2. The van der Waals surface area contributed by atoms with E-state index in [1.807, 2.05) is 0 Å². The van der Waals surface area contributed by atoms with Gasteiger partial charge in [0.15, 0.2) is 34.2 Å². The van der Waals surface area contributed by atoms with E-state index < -0.39 is 0 Å². The van der Waals surface area contributed by atoms with Gasteiger partial charge >= 0.3 is 0 Å². The molecule has 0 saturated heterocycles. The van der Waals surface area contributed by atoms with Gasteiger partial charge in [-0.05, 0) is 279 Å². The molecule has 129 heavy (non-hydrogen) atoms. The van der Waals surface area contributed by atoms with Crippen molar-refractivity contribution in [1.29, 1.82) is 0 Å². The Bertz CT molecular complexity index is 6010. The quantitative estimate of drug-likeness (QED) is 0.103. The SMILES string of the molecule is Cc1ccccc1-n1c(C)c2[n+](c1C1CCCC1)C=CC2(C)C.Cc1ccccc1-n1c(C)c2[n+](c1C1CCCC1)C=CC2(C)C.Cc1ccccc1-n1c(C)c2[n+](c1C1CCCC1)C=CC2(C)C1CCCC1.Cc1ccccc1-n1c(C)c2[n+](c1C1CCCC1)C=CC2(C)C1CCCCC1.Cc1ccccc1-n1c(C)c2[n+](c1C1CCCC1)C=CC2(C)c1ccccc1. The molecule has 6 aromatic carbocycles. The average molecular weight is 1720 g/mol. The topological polar surface area (TPSA) is 44.0 Å². The Balaban J connectivity index is 0.000000105. The highest BCUT2D eigenvalue weighted by atomic mass is 15.2. The van der Waals surface area contributed by atoms with Gasteiger partial charge in [0.2, 0.25) is 0 Å². The maximum absolute atomic E-state index is 2.63. The van der Waals surface area contributed by atoms with Gasteiger partial charge in [-0.2, -0.15) is 22.8 Å². The molecule has 3 unspecified atom stereocenters. The summed E-state index contributed by atoms with van der Waals surface area (Å²) in [5, 5.41) is 0. The Morgan fingerprint density at radius 3 is 0.729 bits per heavy atom. The highest BCUT2D eigenvalue weighted by Gasteiger charge is 2.54. The van der Waals surface area contributed by atoms with Crippen LogP contribution in [0.15, 0.2) is 182 Å². The summed E-state index contributed by atoms with van der Waals surface area (Å²) in [7, 11) is 0. The monoisotopic (exact) mass is 1720 g/mol. The van der Waals surface area contributed by atoms with Gasteiger partial charge < -0.3 is 0 Å². The zero-order chi connectivity index (χ0) is 89.6. The van der Waals surface area contributed by atoms with E-state index in [-0.39, 0.29) is 27.1 Å². The van der Waals surface area contributed by atoms with Crippen LogP contribution in [-0.4, -0.2) is 22.8 Å². The lowest BCUT2D eigenvalue weighted by atomic mass is 9.68. The Labute approximate surface area is 774 Å². The maximum Gasteiger partial charge on any atom is 0.269 e. The molecule has 0 spiro atoms. The van der Waals surface area contributed by atoms with E-state index >= 15 is 0 Å². The number of para-hydroxylation sites is 5. The number of aryl methyl sites for hydroxylation is 5. The van der Waals surface area contributed by atoms with Gasteiger partial charge in [-0.25, -0.2) is 22.8 Å². The van der Waals surface area contributed by atoms with Crippen molar-refractivity contribution >= 4 is 31.0 Å². The van der Waals surface area contributed by atoms with Crippen LogP contribution in [0.3, 0.4) is 0 Å². The van der Waals surface area contributed by atoms with Gasteiger partial charge in [0.1, 0.15) is 51.2 Å². The number of nitrogens with zero attached hydrogens (tertiary/aromatic N) is 10. The number of aromatic nitrogens is 10. The minimum Gasteiger partial charge on any atom is -0.202 e. The first-order chi connectivity index (χ1) is 62.3. The Kier molecular flexibility index (Phi) is 24.4. The molecule has 0 N–H and O–H groups in total. The summed E-state index contributed by atoms with van der Waals surface area (Å²) >= 11 is 0. The minimum atomic E-state index is -0.0906. The van der Waals surface area contributed by atoms with Crippen molar-refractivity contribution in [2.45, 2.75) is 361 Å². The van der Waals surface area contributed by atoms with Gasteiger partial charge in [-0.3, -0.25) is 0 Å². The van der Waals surface area contributed by atoms with Gasteiger partial charge in [-0.1, -0.05) is 218 Å². The van der Waals surface area contributed by atoms with Crippen molar-refractivity contribution in [1.82, 2.24) is 22.8 Å². The van der Waals surface area contributed by atoms with Crippen LogP contribution in [0.2, 0.25) is 0 Å². The molecule has 0 amide bonds. The second kappa shape index (κ2) is 35.6. The number of allylic oxidation sites excluding steroid dienone is 5. The minimum absolute atomic E-state index is 0.0906. The van der Waals surface area contributed by atoms with Crippen molar-refractivity contribution in [2.24, 2.45) is 11.8 Å². The van der Waals surface area contributed by atoms with Gasteiger partial charge in [0, 0.05) is 34.6 Å². The van der Waals surface area contributed by atoms with E-state index in [0.717, 1.165) is 11.8 Å². The summed E-state index contributed by atoms with van der Waals surface area (Å²) in [5.41, 5.74) is 30.0. The van der Waals surface area contributed by atoms with Crippen LogP contribution < -0.4 is 22.8 Å². The third-order valence-corrected chi connectivity index (χ3v) is 34.1. The van der Waals surface area contributed by atoms with E-state index in [2.05, 4.69) is 376 Å². The fraction of sp³-hybridized carbons (Fsp3) is 0.487. The molecule has 23 rings (SSSR count). The molecule has 10 nitrogen and oxygen atoms in total. The van der Waals surface area contributed by atoms with Gasteiger partial charge in [-0.15, -0.1) is 0 Å². The summed E-state index contributed by atoms with van der Waals surface area (Å²) in [6.07, 6.45) is 63.5. The van der Waals surface area contributed by atoms with Crippen LogP contribution in [0.4, 0.5) is 0 Å². The molecule has 7 fully saturated rings. The number of rotatable bonds is 13. The summed E-state index contributed by atoms with van der Waals surface area (Å²) < 4.78 is 25.6. The van der Waals surface area contributed by atoms with Crippen LogP contribution in [0, 0.1) is 81.1 Å². The zero-order valence-corrected chi connectivity index (χ0v) is 81.7. The molecule has 0 radical (unpaired) electrons. The maximum atomic E-state index is 2.63. The Morgan fingerprint density at radius 1 is 0.225 bits per heavy atom. The summed E-state index contributed by atoms with van der Waals surface area (Å²) in [6.45, 7) is 39.6. The first-order valence-electron chi connectivity index (χ1n) is 51.0. The Morgan fingerprint density at radius 2 is 0.442 bits per heavy atom. The molecule has 12 aliphatic rings. The molecule has 3 atom stereocenters. The first kappa shape index (κ1) is 88.3. The van der Waals surface area contributed by atoms with E-state index in [1.54, 1.807) is 11.4 Å². The van der Waals surface area contributed by atoms with E-state index in [1.165, 1.54) is 323 Å². The number of fused-ring (bicyclic) bond motifs is 5. The summed E-state index contributed by atoms with van der Waals surface area (Å²) in [5.74, 6) is 12.5. The molecule has 5 aliphatic heterocycles. The normalized spacial score (nSPS) is 22.5. The molecule has 5 aromatic heterocycles. The van der Waals surface area contributed by atoms with E-state index in [4.69, 9.17) is 0 Å². The van der Waals surface area contributed by atoms with Gasteiger partial charge in [0.25, 0.3) is 29.1 Å². The number of hydrogen-bond donors (Lipinski definition) is 0. The lowest BCUT2D eigenvalue weighted by Gasteiger charge is -2.34. The van der Waals surface area contributed by atoms with E-state index in [0.29, 0.717) is 29.6 Å². The predicted octanol–water partition coefficient (Wildman–Crippen LogP) is 27.8. The van der Waals surface area contributed by atoms with Crippen molar-refractivity contribution in [3.8, 4) is 28.4 Å². The molecule has 672 valence electrons. The van der Waals surface area contributed by atoms with E-state index in [9.17, 15) is 0 Å². The molecule has 10 heteroatoms. The third kappa shape index (κ3) is 15.4. The molecule has 11 aromatic rings. The van der Waals surface area contributed by atoms with Crippen LogP contribution in [0.1, 0.15) is 384 Å². The fourth-order valence-electron chi connectivity index (χ4n) is 27.5. The lowest BCUT2D eigenvalue weighted by Crippen LogP contribution is -2.40. The third-order valence-electron chi connectivity index (χ3n) is 34.1. The van der Waals surface area contributed by atoms with Crippen molar-refractivity contribution in [2.75, 3.05) is 0 Å². The molecule has 10 heterocycles. The highest BCUT2D eigenvalue weighted by molar-refractivity contribution is 5.55. The van der Waals surface area contributed by atoms with Crippen molar-refractivity contribution < 1.29 is 22.8 Å². The molecular formula is C119H151N10+5. The van der Waals surface area contributed by atoms with Crippen LogP contribution in [0.25, 0.3) is 59.4 Å². The molecule has 0 bridgehead atoms. The second-order valence-corrected chi connectivity index (χ2v) is 43.3. The van der Waals surface area contributed by atoms with Crippen LogP contribution >= 0.6 is 0 Å². The molecule has 7 saturated carbocycles. The number of imidazole rings is 5. The number of benzene rings is 6. The zero-order valence-electron chi connectivity index (χ0n) is 81.7. The van der Waals surface area contributed by atoms with Crippen LogP contribution in [0.5, 0.6) is 0 Å². The molecular weight excluding hydrogens is 1570 g/mol. The second-order valence-electron chi connectivity index (χ2n) is 43.3. The van der Waals surface area contributed by atoms with Gasteiger partial charge in [0.05, 0.1) is 87.7 Å². The first-order valence-corrected chi connectivity index (χ1v) is 51.0. The van der Waals surface area contributed by atoms with Crippen molar-refractivity contribution in [3.05, 3.63) is 301 Å². The fourth-order valence-corrected chi connectivity index (χ4v) is 27.5. The largest absolute Gasteiger partial charge is 0.269 e. The highest BCUT2D eigenvalue weighted by Crippen LogP contribution is 2.52.